The zero-order valence-corrected chi connectivity index (χ0v) is 11.7. The average molecular weight is 267 g/mol. The van der Waals surface area contributed by atoms with Crippen LogP contribution in [0.5, 0.6) is 0 Å². The predicted octanol–water partition coefficient (Wildman–Crippen LogP) is 3.91. The third-order valence-corrected chi connectivity index (χ3v) is 5.62. The molecule has 1 heterocycles. The fraction of sp³-hybridized carbons (Fsp3) is 0.800. The van der Waals surface area contributed by atoms with Gasteiger partial charge in [-0.05, 0) is 68.1 Å². The number of aryl methyl sites for hydroxylation is 1. The third kappa shape index (κ3) is 2.09. The first-order chi connectivity index (χ1) is 8.31. The Kier molecular flexibility index (Phi) is 3.17. The summed E-state index contributed by atoms with van der Waals surface area (Å²) in [7, 11) is 0. The minimum absolute atomic E-state index is 0. The first kappa shape index (κ1) is 12.5. The average Bonchev–Trinajstić information content (AvgIpc) is 2.77. The van der Waals surface area contributed by atoms with Crippen LogP contribution in [0.3, 0.4) is 0 Å². The molecule has 0 unspecified atom stereocenters. The van der Waals surface area contributed by atoms with E-state index < -0.39 is 0 Å². The standard InChI is InChI=1S/C15H22N2.ClH/c1(3-17-4-2-16-11-17)15-8-12-5-13(9-15)7-14(6-12)10-15;/h2,4,11-14H,1,3,5-10H2;1H. The maximum absolute atomic E-state index is 4.15. The topological polar surface area (TPSA) is 17.8 Å². The molecule has 100 valence electrons. The van der Waals surface area contributed by atoms with Gasteiger partial charge in [0, 0.05) is 18.9 Å². The van der Waals surface area contributed by atoms with Crippen LogP contribution in [0, 0.1) is 23.2 Å². The number of halogens is 1. The number of imidazole rings is 1. The fourth-order valence-electron chi connectivity index (χ4n) is 5.38. The highest BCUT2D eigenvalue weighted by Gasteiger charge is 2.50. The Morgan fingerprint density at radius 3 is 2.17 bits per heavy atom. The van der Waals surface area contributed by atoms with E-state index in [2.05, 4.69) is 15.7 Å². The summed E-state index contributed by atoms with van der Waals surface area (Å²) in [5, 5.41) is 0. The molecule has 0 atom stereocenters. The molecule has 4 fully saturated rings. The van der Waals surface area contributed by atoms with Crippen molar-refractivity contribution >= 4 is 12.4 Å². The van der Waals surface area contributed by atoms with Gasteiger partial charge in [-0.3, -0.25) is 0 Å². The Bertz CT molecular complexity index is 363. The first-order valence-electron chi connectivity index (χ1n) is 7.27. The van der Waals surface area contributed by atoms with Crippen molar-refractivity contribution in [1.82, 2.24) is 9.55 Å². The van der Waals surface area contributed by atoms with Gasteiger partial charge in [0.25, 0.3) is 0 Å². The number of hydrogen-bond acceptors (Lipinski definition) is 1. The fourth-order valence-corrected chi connectivity index (χ4v) is 5.38. The number of nitrogens with zero attached hydrogens (tertiary/aromatic N) is 2. The highest BCUT2D eigenvalue weighted by atomic mass is 35.5. The molecule has 0 aromatic carbocycles. The molecule has 18 heavy (non-hydrogen) atoms. The van der Waals surface area contributed by atoms with Crippen LogP contribution in [0.2, 0.25) is 0 Å². The van der Waals surface area contributed by atoms with Gasteiger partial charge in [-0.25, -0.2) is 4.98 Å². The normalized spacial score (nSPS) is 40.8. The summed E-state index contributed by atoms with van der Waals surface area (Å²) in [6.07, 6.45) is 16.7. The molecule has 2 nitrogen and oxygen atoms in total. The van der Waals surface area contributed by atoms with Gasteiger partial charge in [0.1, 0.15) is 0 Å². The van der Waals surface area contributed by atoms with Crippen molar-refractivity contribution in [2.75, 3.05) is 0 Å². The Balaban J connectivity index is 0.000001000. The van der Waals surface area contributed by atoms with Gasteiger partial charge in [0.15, 0.2) is 0 Å². The molecule has 1 aromatic rings. The van der Waals surface area contributed by atoms with E-state index in [9.17, 15) is 0 Å². The second-order valence-electron chi connectivity index (χ2n) is 6.97. The molecular formula is C15H23ClN2. The molecule has 0 radical (unpaired) electrons. The van der Waals surface area contributed by atoms with Crippen molar-refractivity contribution in [3.05, 3.63) is 18.7 Å². The van der Waals surface area contributed by atoms with Crippen LogP contribution in [-0.2, 0) is 6.54 Å². The summed E-state index contributed by atoms with van der Waals surface area (Å²) in [5.41, 5.74) is 0.721. The molecule has 0 spiro atoms. The highest BCUT2D eigenvalue weighted by Crippen LogP contribution is 2.61. The van der Waals surface area contributed by atoms with Gasteiger partial charge < -0.3 is 4.57 Å². The Morgan fingerprint density at radius 1 is 1.06 bits per heavy atom. The summed E-state index contributed by atoms with van der Waals surface area (Å²) in [5.74, 6) is 3.26. The smallest absolute Gasteiger partial charge is 0.0945 e. The van der Waals surface area contributed by atoms with E-state index >= 15 is 0 Å². The molecule has 4 aliphatic carbocycles. The second-order valence-corrected chi connectivity index (χ2v) is 6.97. The van der Waals surface area contributed by atoms with Crippen molar-refractivity contribution < 1.29 is 0 Å². The third-order valence-electron chi connectivity index (χ3n) is 5.62. The number of aromatic nitrogens is 2. The SMILES string of the molecule is Cl.c1cn(CCC23CC4CC(CC(C4)C2)C3)cn1. The van der Waals surface area contributed by atoms with E-state index in [0.29, 0.717) is 0 Å². The molecule has 4 saturated carbocycles. The van der Waals surface area contributed by atoms with Crippen molar-refractivity contribution in [2.45, 2.75) is 51.5 Å². The molecule has 5 rings (SSSR count). The maximum Gasteiger partial charge on any atom is 0.0945 e. The Labute approximate surface area is 116 Å². The van der Waals surface area contributed by atoms with Crippen molar-refractivity contribution in [2.24, 2.45) is 23.2 Å². The lowest BCUT2D eigenvalue weighted by atomic mass is 9.49. The van der Waals surface area contributed by atoms with Gasteiger partial charge in [-0.2, -0.15) is 0 Å². The molecule has 0 N–H and O–H groups in total. The van der Waals surface area contributed by atoms with Crippen LogP contribution in [0.25, 0.3) is 0 Å². The summed E-state index contributed by atoms with van der Waals surface area (Å²) in [6, 6.07) is 0. The zero-order chi connectivity index (χ0) is 11.3. The minimum Gasteiger partial charge on any atom is -0.337 e. The lowest BCUT2D eigenvalue weighted by Crippen LogP contribution is -2.46. The predicted molar refractivity (Wildman–Crippen MR) is 74.7 cm³/mol. The highest BCUT2D eigenvalue weighted by molar-refractivity contribution is 5.85. The molecule has 4 aliphatic rings. The van der Waals surface area contributed by atoms with Crippen molar-refractivity contribution in [3.8, 4) is 0 Å². The summed E-state index contributed by atoms with van der Waals surface area (Å²) < 4.78 is 2.26. The van der Waals surface area contributed by atoms with Crippen molar-refractivity contribution in [3.63, 3.8) is 0 Å². The van der Waals surface area contributed by atoms with E-state index in [1.165, 1.54) is 32.2 Å². The first-order valence-corrected chi connectivity index (χ1v) is 7.27. The molecule has 0 amide bonds. The second kappa shape index (κ2) is 4.56. The van der Waals surface area contributed by atoms with E-state index in [1.54, 1.807) is 19.3 Å². The molecule has 3 heteroatoms. The van der Waals surface area contributed by atoms with Crippen LogP contribution in [0.4, 0.5) is 0 Å². The van der Waals surface area contributed by atoms with Crippen LogP contribution in [0.15, 0.2) is 18.7 Å². The molecule has 0 aliphatic heterocycles. The molecule has 0 saturated heterocycles. The van der Waals surface area contributed by atoms with Crippen molar-refractivity contribution in [1.29, 1.82) is 0 Å². The molecule has 1 aromatic heterocycles. The molecule has 4 bridgehead atoms. The van der Waals surface area contributed by atoms with Crippen LogP contribution in [0.1, 0.15) is 44.9 Å². The maximum atomic E-state index is 4.15. The summed E-state index contributed by atoms with van der Waals surface area (Å²) >= 11 is 0. The van der Waals surface area contributed by atoms with Gasteiger partial charge in [0.05, 0.1) is 6.33 Å². The summed E-state index contributed by atoms with van der Waals surface area (Å²) in [6.45, 7) is 1.19. The van der Waals surface area contributed by atoms with E-state index in [-0.39, 0.29) is 12.4 Å². The van der Waals surface area contributed by atoms with Gasteiger partial charge in [-0.15, -0.1) is 12.4 Å². The Morgan fingerprint density at radius 2 is 1.67 bits per heavy atom. The molecular weight excluding hydrogens is 244 g/mol. The van der Waals surface area contributed by atoms with Gasteiger partial charge in [0.2, 0.25) is 0 Å². The van der Waals surface area contributed by atoms with E-state index in [0.717, 1.165) is 23.2 Å². The van der Waals surface area contributed by atoms with E-state index in [4.69, 9.17) is 0 Å². The lowest BCUT2D eigenvalue weighted by Gasteiger charge is -2.57. The number of hydrogen-bond donors (Lipinski definition) is 0. The zero-order valence-electron chi connectivity index (χ0n) is 10.9. The van der Waals surface area contributed by atoms with Gasteiger partial charge in [-0.1, -0.05) is 0 Å². The lowest BCUT2D eigenvalue weighted by molar-refractivity contribution is -0.0591. The Hall–Kier alpha value is -0.500. The van der Waals surface area contributed by atoms with Gasteiger partial charge >= 0.3 is 0 Å². The largest absolute Gasteiger partial charge is 0.337 e. The number of rotatable bonds is 3. The minimum atomic E-state index is 0. The van der Waals surface area contributed by atoms with Crippen LogP contribution < -0.4 is 0 Å². The van der Waals surface area contributed by atoms with Crippen LogP contribution in [-0.4, -0.2) is 9.55 Å². The monoisotopic (exact) mass is 266 g/mol. The quantitative estimate of drug-likeness (QED) is 0.811. The van der Waals surface area contributed by atoms with E-state index in [1.807, 2.05) is 12.5 Å². The van der Waals surface area contributed by atoms with Crippen LogP contribution >= 0.6 is 12.4 Å². The summed E-state index contributed by atoms with van der Waals surface area (Å²) in [4.78, 5) is 4.15.